The van der Waals surface area contributed by atoms with E-state index in [4.69, 9.17) is 17.3 Å². The zero-order valence-corrected chi connectivity index (χ0v) is 5.93. The standard InChI is InChI=1S/C4H7ClN4O/c5-1-2-7-4-3(6)8-10-9-4/h1-2H2,(H2,6,8)(H,7,9). The van der Waals surface area contributed by atoms with Crippen molar-refractivity contribution in [1.82, 2.24) is 10.3 Å². The Kier molecular flexibility index (Phi) is 2.33. The number of hydrogen-bond acceptors (Lipinski definition) is 5. The Morgan fingerprint density at radius 3 is 2.90 bits per heavy atom. The zero-order chi connectivity index (χ0) is 7.40. The van der Waals surface area contributed by atoms with Gasteiger partial charge < -0.3 is 11.1 Å². The van der Waals surface area contributed by atoms with Gasteiger partial charge in [-0.3, -0.25) is 0 Å². The first-order valence-corrected chi connectivity index (χ1v) is 3.26. The van der Waals surface area contributed by atoms with Crippen molar-refractivity contribution in [3.05, 3.63) is 0 Å². The highest BCUT2D eigenvalue weighted by molar-refractivity contribution is 6.18. The van der Waals surface area contributed by atoms with Gasteiger partial charge in [0.25, 0.3) is 0 Å². The fourth-order valence-electron chi connectivity index (χ4n) is 0.484. The van der Waals surface area contributed by atoms with E-state index in [-0.39, 0.29) is 5.82 Å². The number of hydrogen-bond donors (Lipinski definition) is 2. The van der Waals surface area contributed by atoms with Crippen LogP contribution in [-0.4, -0.2) is 22.7 Å². The second kappa shape index (κ2) is 3.26. The minimum Gasteiger partial charge on any atom is -0.378 e. The first-order chi connectivity index (χ1) is 4.84. The summed E-state index contributed by atoms with van der Waals surface area (Å²) in [5.74, 6) is 1.19. The van der Waals surface area contributed by atoms with Crippen molar-refractivity contribution in [2.45, 2.75) is 0 Å². The molecule has 0 atom stereocenters. The van der Waals surface area contributed by atoms with Crippen LogP contribution in [0.1, 0.15) is 0 Å². The van der Waals surface area contributed by atoms with Crippen molar-refractivity contribution >= 4 is 23.2 Å². The Morgan fingerprint density at radius 2 is 2.40 bits per heavy atom. The fraction of sp³-hybridized carbons (Fsp3) is 0.500. The molecule has 1 rings (SSSR count). The lowest BCUT2D eigenvalue weighted by Gasteiger charge is -1.95. The SMILES string of the molecule is Nc1nonc1NCCCl. The monoisotopic (exact) mass is 162 g/mol. The van der Waals surface area contributed by atoms with E-state index < -0.39 is 0 Å². The predicted molar refractivity (Wildman–Crippen MR) is 37.9 cm³/mol. The van der Waals surface area contributed by atoms with E-state index >= 15 is 0 Å². The minimum atomic E-state index is 0.255. The minimum absolute atomic E-state index is 0.255. The maximum atomic E-state index is 5.39. The average molecular weight is 163 g/mol. The lowest BCUT2D eigenvalue weighted by Crippen LogP contribution is -2.04. The first-order valence-electron chi connectivity index (χ1n) is 2.72. The Hall–Kier alpha value is -0.970. The predicted octanol–water partition coefficient (Wildman–Crippen LogP) is 0.302. The average Bonchev–Trinajstić information content (AvgIpc) is 2.31. The van der Waals surface area contributed by atoms with Crippen LogP contribution < -0.4 is 11.1 Å². The summed E-state index contributed by atoms with van der Waals surface area (Å²) in [7, 11) is 0. The third-order valence-electron chi connectivity index (χ3n) is 0.901. The molecule has 0 aliphatic heterocycles. The number of aromatic nitrogens is 2. The Balaban J connectivity index is 2.49. The summed E-state index contributed by atoms with van der Waals surface area (Å²) in [4.78, 5) is 0. The van der Waals surface area contributed by atoms with Gasteiger partial charge in [-0.05, 0) is 10.3 Å². The smallest absolute Gasteiger partial charge is 0.215 e. The number of nitrogens with two attached hydrogens (primary N) is 1. The lowest BCUT2D eigenvalue weighted by atomic mass is 10.6. The van der Waals surface area contributed by atoms with E-state index in [1.807, 2.05) is 0 Å². The summed E-state index contributed by atoms with van der Waals surface area (Å²) < 4.78 is 4.31. The van der Waals surface area contributed by atoms with Gasteiger partial charge in [-0.25, -0.2) is 4.63 Å². The summed E-state index contributed by atoms with van der Waals surface area (Å²) in [6.07, 6.45) is 0. The van der Waals surface area contributed by atoms with Crippen molar-refractivity contribution in [3.63, 3.8) is 0 Å². The van der Waals surface area contributed by atoms with E-state index in [0.29, 0.717) is 18.2 Å². The Labute approximate surface area is 62.5 Å². The number of alkyl halides is 1. The quantitative estimate of drug-likeness (QED) is 0.626. The molecular weight excluding hydrogens is 156 g/mol. The molecule has 5 nitrogen and oxygen atoms in total. The molecule has 0 saturated carbocycles. The molecule has 0 aliphatic carbocycles. The summed E-state index contributed by atoms with van der Waals surface area (Å²) in [6, 6.07) is 0. The van der Waals surface area contributed by atoms with Gasteiger partial charge in [0, 0.05) is 12.4 Å². The number of rotatable bonds is 3. The van der Waals surface area contributed by atoms with Crippen LogP contribution in [0.4, 0.5) is 11.6 Å². The first kappa shape index (κ1) is 7.14. The number of halogens is 1. The van der Waals surface area contributed by atoms with Crippen molar-refractivity contribution < 1.29 is 4.63 Å². The van der Waals surface area contributed by atoms with Gasteiger partial charge in [0.2, 0.25) is 11.6 Å². The molecule has 6 heteroatoms. The molecule has 0 amide bonds. The molecule has 0 aromatic carbocycles. The van der Waals surface area contributed by atoms with Crippen LogP contribution in [0.25, 0.3) is 0 Å². The molecule has 10 heavy (non-hydrogen) atoms. The van der Waals surface area contributed by atoms with Crippen LogP contribution in [0.5, 0.6) is 0 Å². The Bertz CT molecular complexity index is 201. The van der Waals surface area contributed by atoms with E-state index in [2.05, 4.69) is 20.3 Å². The van der Waals surface area contributed by atoms with Crippen molar-refractivity contribution in [2.24, 2.45) is 0 Å². The third kappa shape index (κ3) is 1.51. The van der Waals surface area contributed by atoms with E-state index in [1.54, 1.807) is 0 Å². The molecule has 0 spiro atoms. The molecule has 0 fully saturated rings. The number of nitrogens with zero attached hydrogens (tertiary/aromatic N) is 2. The molecule has 0 saturated heterocycles. The highest BCUT2D eigenvalue weighted by Crippen LogP contribution is 2.09. The molecule has 1 heterocycles. The van der Waals surface area contributed by atoms with Gasteiger partial charge >= 0.3 is 0 Å². The van der Waals surface area contributed by atoms with Crippen LogP contribution in [0, 0.1) is 0 Å². The van der Waals surface area contributed by atoms with Crippen LogP contribution in [0.3, 0.4) is 0 Å². The third-order valence-corrected chi connectivity index (χ3v) is 1.09. The molecule has 0 aliphatic rings. The normalized spacial score (nSPS) is 9.70. The van der Waals surface area contributed by atoms with Crippen LogP contribution >= 0.6 is 11.6 Å². The summed E-state index contributed by atoms with van der Waals surface area (Å²) in [5.41, 5.74) is 5.31. The molecule has 0 radical (unpaired) electrons. The zero-order valence-electron chi connectivity index (χ0n) is 5.17. The maximum absolute atomic E-state index is 5.39. The highest BCUT2D eigenvalue weighted by atomic mass is 35.5. The molecule has 3 N–H and O–H groups in total. The number of nitrogen functional groups attached to an aromatic ring is 1. The lowest BCUT2D eigenvalue weighted by molar-refractivity contribution is 0.310. The molecule has 0 bridgehead atoms. The van der Waals surface area contributed by atoms with Gasteiger partial charge in [0.05, 0.1) is 0 Å². The summed E-state index contributed by atoms with van der Waals surface area (Å²) in [6.45, 7) is 0.597. The highest BCUT2D eigenvalue weighted by Gasteiger charge is 2.02. The van der Waals surface area contributed by atoms with Crippen LogP contribution in [0.15, 0.2) is 4.63 Å². The largest absolute Gasteiger partial charge is 0.378 e. The summed E-state index contributed by atoms with van der Waals surface area (Å²) in [5, 5.41) is 9.65. The van der Waals surface area contributed by atoms with Gasteiger partial charge in [-0.15, -0.1) is 11.6 Å². The van der Waals surface area contributed by atoms with E-state index in [0.717, 1.165) is 0 Å². The van der Waals surface area contributed by atoms with Gasteiger partial charge in [0.1, 0.15) is 0 Å². The van der Waals surface area contributed by atoms with E-state index in [9.17, 15) is 0 Å². The van der Waals surface area contributed by atoms with Crippen molar-refractivity contribution in [3.8, 4) is 0 Å². The number of anilines is 2. The van der Waals surface area contributed by atoms with Gasteiger partial charge in [0.15, 0.2) is 0 Å². The molecule has 1 aromatic heterocycles. The van der Waals surface area contributed by atoms with Gasteiger partial charge in [-0.2, -0.15) is 0 Å². The second-order valence-electron chi connectivity index (χ2n) is 1.61. The molecule has 0 unspecified atom stereocenters. The van der Waals surface area contributed by atoms with Crippen molar-refractivity contribution in [2.75, 3.05) is 23.5 Å². The van der Waals surface area contributed by atoms with Gasteiger partial charge in [-0.1, -0.05) is 0 Å². The maximum Gasteiger partial charge on any atom is 0.215 e. The molecule has 1 aromatic rings. The van der Waals surface area contributed by atoms with Crippen LogP contribution in [-0.2, 0) is 0 Å². The second-order valence-corrected chi connectivity index (χ2v) is 1.99. The molecular formula is C4H7ClN4O. The van der Waals surface area contributed by atoms with Crippen LogP contribution in [0.2, 0.25) is 0 Å². The fourth-order valence-corrected chi connectivity index (χ4v) is 0.578. The molecule has 56 valence electrons. The van der Waals surface area contributed by atoms with E-state index in [1.165, 1.54) is 0 Å². The Morgan fingerprint density at radius 1 is 1.60 bits per heavy atom. The number of nitrogens with one attached hydrogen (secondary N) is 1. The topological polar surface area (TPSA) is 77.0 Å². The van der Waals surface area contributed by atoms with Crippen molar-refractivity contribution in [1.29, 1.82) is 0 Å². The summed E-state index contributed by atoms with van der Waals surface area (Å²) >= 11 is 5.39.